The zero-order chi connectivity index (χ0) is 15.2. The van der Waals surface area contributed by atoms with E-state index in [1.807, 2.05) is 13.0 Å². The number of hydrazine groups is 1. The summed E-state index contributed by atoms with van der Waals surface area (Å²) in [6.07, 6.45) is 1.61. The van der Waals surface area contributed by atoms with Gasteiger partial charge in [0.05, 0.1) is 5.02 Å². The summed E-state index contributed by atoms with van der Waals surface area (Å²) in [5.74, 6) is -0.517. The van der Waals surface area contributed by atoms with Gasteiger partial charge in [-0.15, -0.1) is 0 Å². The molecule has 0 fully saturated rings. The van der Waals surface area contributed by atoms with E-state index >= 15 is 0 Å². The van der Waals surface area contributed by atoms with Crippen molar-refractivity contribution in [2.75, 3.05) is 6.61 Å². The van der Waals surface area contributed by atoms with E-state index < -0.39 is 11.8 Å². The third kappa shape index (κ3) is 4.25. The van der Waals surface area contributed by atoms with Gasteiger partial charge in [-0.1, -0.05) is 17.7 Å². The number of aromatic amines is 1. The molecule has 0 aliphatic heterocycles. The van der Waals surface area contributed by atoms with Gasteiger partial charge in [-0.25, -0.2) is 0 Å². The summed E-state index contributed by atoms with van der Waals surface area (Å²) in [5.41, 5.74) is 5.83. The number of rotatable bonds is 4. The fourth-order valence-corrected chi connectivity index (χ4v) is 1.74. The van der Waals surface area contributed by atoms with Gasteiger partial charge in [0.2, 0.25) is 0 Å². The fourth-order valence-electron chi connectivity index (χ4n) is 1.57. The molecule has 1 aromatic carbocycles. The summed E-state index contributed by atoms with van der Waals surface area (Å²) in [7, 11) is 0. The number of carbonyl (C=O) groups excluding carboxylic acids is 2. The van der Waals surface area contributed by atoms with Crippen LogP contribution in [0.3, 0.4) is 0 Å². The van der Waals surface area contributed by atoms with Crippen LogP contribution in [0.5, 0.6) is 5.75 Å². The van der Waals surface area contributed by atoms with Crippen molar-refractivity contribution in [3.05, 3.63) is 52.8 Å². The largest absolute Gasteiger partial charge is 0.482 e. The maximum absolute atomic E-state index is 11.6. The summed E-state index contributed by atoms with van der Waals surface area (Å²) in [6.45, 7) is 1.63. The highest BCUT2D eigenvalue weighted by Crippen LogP contribution is 2.24. The Kier molecular flexibility index (Phi) is 4.84. The highest BCUT2D eigenvalue weighted by molar-refractivity contribution is 6.32. The second-order valence-corrected chi connectivity index (χ2v) is 4.72. The van der Waals surface area contributed by atoms with Crippen LogP contribution in [0.2, 0.25) is 5.02 Å². The first-order valence-corrected chi connectivity index (χ1v) is 6.55. The van der Waals surface area contributed by atoms with Crippen molar-refractivity contribution in [1.29, 1.82) is 0 Å². The SMILES string of the molecule is Cc1ccc(Cl)c(OCC(=O)NNC(=O)c2ccc[nH]2)c1. The highest BCUT2D eigenvalue weighted by Gasteiger charge is 2.09. The van der Waals surface area contributed by atoms with E-state index in [0.29, 0.717) is 16.5 Å². The molecule has 2 amide bonds. The van der Waals surface area contributed by atoms with Crippen LogP contribution >= 0.6 is 11.6 Å². The number of amides is 2. The number of nitrogens with one attached hydrogen (secondary N) is 3. The van der Waals surface area contributed by atoms with E-state index in [2.05, 4.69) is 15.8 Å². The molecule has 1 heterocycles. The number of hydrogen-bond acceptors (Lipinski definition) is 3. The number of aromatic nitrogens is 1. The van der Waals surface area contributed by atoms with Gasteiger partial charge in [0, 0.05) is 6.20 Å². The van der Waals surface area contributed by atoms with Crippen molar-refractivity contribution < 1.29 is 14.3 Å². The van der Waals surface area contributed by atoms with Crippen LogP contribution in [0.25, 0.3) is 0 Å². The van der Waals surface area contributed by atoms with Crippen LogP contribution < -0.4 is 15.6 Å². The maximum atomic E-state index is 11.6. The number of hydrogen-bond donors (Lipinski definition) is 3. The number of aryl methyl sites for hydroxylation is 1. The third-order valence-corrected chi connectivity index (χ3v) is 2.92. The number of ether oxygens (including phenoxy) is 1. The molecule has 7 heteroatoms. The summed E-state index contributed by atoms with van der Waals surface area (Å²) in [4.78, 5) is 25.9. The summed E-state index contributed by atoms with van der Waals surface area (Å²) >= 11 is 5.94. The zero-order valence-corrected chi connectivity index (χ0v) is 12.0. The lowest BCUT2D eigenvalue weighted by molar-refractivity contribution is -0.123. The number of benzene rings is 1. The molecule has 0 bridgehead atoms. The highest BCUT2D eigenvalue weighted by atomic mass is 35.5. The van der Waals surface area contributed by atoms with Gasteiger partial charge in [0.1, 0.15) is 11.4 Å². The van der Waals surface area contributed by atoms with Crippen LogP contribution in [0, 0.1) is 6.92 Å². The van der Waals surface area contributed by atoms with Crippen molar-refractivity contribution in [1.82, 2.24) is 15.8 Å². The van der Waals surface area contributed by atoms with Crippen molar-refractivity contribution in [3.8, 4) is 5.75 Å². The number of carbonyl (C=O) groups is 2. The topological polar surface area (TPSA) is 83.2 Å². The average molecular weight is 308 g/mol. The molecule has 21 heavy (non-hydrogen) atoms. The van der Waals surface area contributed by atoms with Gasteiger partial charge in [-0.05, 0) is 36.8 Å². The van der Waals surface area contributed by atoms with Crippen LogP contribution in [-0.2, 0) is 4.79 Å². The molecule has 2 rings (SSSR count). The molecule has 0 saturated carbocycles. The first-order chi connectivity index (χ1) is 10.1. The molecule has 0 saturated heterocycles. The minimum Gasteiger partial charge on any atom is -0.482 e. The van der Waals surface area contributed by atoms with Crippen LogP contribution in [0.1, 0.15) is 16.1 Å². The Hall–Kier alpha value is -2.47. The zero-order valence-electron chi connectivity index (χ0n) is 11.3. The fraction of sp³-hybridized carbons (Fsp3) is 0.143. The molecule has 0 radical (unpaired) electrons. The Morgan fingerprint density at radius 2 is 2.10 bits per heavy atom. The predicted molar refractivity (Wildman–Crippen MR) is 78.1 cm³/mol. The molecule has 2 aromatic rings. The van der Waals surface area contributed by atoms with E-state index in [1.165, 1.54) is 0 Å². The molecule has 1 aromatic heterocycles. The molecule has 0 unspecified atom stereocenters. The minimum atomic E-state index is -0.493. The number of halogens is 1. The summed E-state index contributed by atoms with van der Waals surface area (Å²) in [6, 6.07) is 8.53. The first-order valence-electron chi connectivity index (χ1n) is 6.18. The van der Waals surface area contributed by atoms with Crippen molar-refractivity contribution in [3.63, 3.8) is 0 Å². The van der Waals surface area contributed by atoms with Crippen LogP contribution in [-0.4, -0.2) is 23.4 Å². The smallest absolute Gasteiger partial charge is 0.286 e. The van der Waals surface area contributed by atoms with Crippen LogP contribution in [0.4, 0.5) is 0 Å². The Morgan fingerprint density at radius 1 is 1.29 bits per heavy atom. The predicted octanol–water partition coefficient (Wildman–Crippen LogP) is 1.82. The van der Waals surface area contributed by atoms with Crippen LogP contribution in [0.15, 0.2) is 36.5 Å². The molecule has 3 N–H and O–H groups in total. The molecule has 0 spiro atoms. The quantitative estimate of drug-likeness (QED) is 0.753. The Bertz CT molecular complexity index is 641. The second-order valence-electron chi connectivity index (χ2n) is 4.31. The molecule has 110 valence electrons. The molecular weight excluding hydrogens is 294 g/mol. The van der Waals surface area contributed by atoms with E-state index in [1.54, 1.807) is 30.5 Å². The standard InChI is InChI=1S/C14H14ClN3O3/c1-9-4-5-10(15)12(7-9)21-8-13(19)17-18-14(20)11-3-2-6-16-11/h2-7,16H,8H2,1H3,(H,17,19)(H,18,20). The van der Waals surface area contributed by atoms with Gasteiger partial charge >= 0.3 is 0 Å². The molecule has 6 nitrogen and oxygen atoms in total. The number of H-pyrrole nitrogens is 1. The van der Waals surface area contributed by atoms with Gasteiger partial charge in [0.15, 0.2) is 6.61 Å². The van der Waals surface area contributed by atoms with Gasteiger partial charge in [-0.2, -0.15) is 0 Å². The maximum Gasteiger partial charge on any atom is 0.286 e. The first kappa shape index (κ1) is 14.9. The minimum absolute atomic E-state index is 0.256. The lowest BCUT2D eigenvalue weighted by Crippen LogP contribution is -2.43. The second kappa shape index (κ2) is 6.81. The monoisotopic (exact) mass is 307 g/mol. The molecular formula is C14H14ClN3O3. The van der Waals surface area contributed by atoms with E-state index in [4.69, 9.17) is 16.3 Å². The normalized spacial score (nSPS) is 10.0. The van der Waals surface area contributed by atoms with Crippen molar-refractivity contribution in [2.24, 2.45) is 0 Å². The van der Waals surface area contributed by atoms with Gasteiger partial charge < -0.3 is 9.72 Å². The Morgan fingerprint density at radius 3 is 2.81 bits per heavy atom. The summed E-state index contributed by atoms with van der Waals surface area (Å²) in [5, 5.41) is 0.420. The van der Waals surface area contributed by atoms with E-state index in [9.17, 15) is 9.59 Å². The van der Waals surface area contributed by atoms with E-state index in [-0.39, 0.29) is 6.61 Å². The average Bonchev–Trinajstić information content (AvgIpc) is 3.00. The third-order valence-electron chi connectivity index (χ3n) is 2.60. The van der Waals surface area contributed by atoms with Crippen molar-refractivity contribution in [2.45, 2.75) is 6.92 Å². The van der Waals surface area contributed by atoms with Gasteiger partial charge in [-0.3, -0.25) is 20.4 Å². The lowest BCUT2D eigenvalue weighted by Gasteiger charge is -2.09. The van der Waals surface area contributed by atoms with E-state index in [0.717, 1.165) is 5.56 Å². The summed E-state index contributed by atoms with van der Waals surface area (Å²) < 4.78 is 5.30. The van der Waals surface area contributed by atoms with Gasteiger partial charge in [0.25, 0.3) is 11.8 Å². The molecule has 0 atom stereocenters. The lowest BCUT2D eigenvalue weighted by atomic mass is 10.2. The molecule has 0 aliphatic carbocycles. The molecule has 0 aliphatic rings. The van der Waals surface area contributed by atoms with Crippen molar-refractivity contribution >= 4 is 23.4 Å². The Balaban J connectivity index is 1.80. The Labute approximate surface area is 126 Å².